The number of carboxylic acids is 1. The van der Waals surface area contributed by atoms with E-state index in [4.69, 9.17) is 9.47 Å². The monoisotopic (exact) mass is 819 g/mol. The standard InChI is InChI=1S/C44H58FN5O9/c1-8-47-25-34(41(54)55)39(52)33-23-35(45)37(24-36(33)47)48-17-19-50(20-18-48)42(56)58-26-30-9-11-32(12-10-30)46-40(53)31(22-38(51)28(4)27(2)3)21-29-13-15-49(16-14-29)43(57)59-44(5,6)7/h9-12,23-25,27-29,31H,8,13-22,26H2,1-7H3,(H,46,53)(H,54,55)/t28-,31+/m0/s1. The molecular formula is C44H58FN5O9. The summed E-state index contributed by atoms with van der Waals surface area (Å²) >= 11 is 0. The molecule has 5 rings (SSSR count). The normalized spacial score (nSPS) is 16.2. The largest absolute Gasteiger partial charge is 0.477 e. The highest BCUT2D eigenvalue weighted by molar-refractivity contribution is 5.96. The molecule has 2 atom stereocenters. The Kier molecular flexibility index (Phi) is 14.4. The molecule has 14 nitrogen and oxygen atoms in total. The first kappa shape index (κ1) is 44.6. The number of aromatic nitrogens is 1. The van der Waals surface area contributed by atoms with Gasteiger partial charge in [0.15, 0.2) is 0 Å². The number of aromatic carboxylic acids is 1. The number of piperazine rings is 1. The van der Waals surface area contributed by atoms with Crippen molar-refractivity contribution >= 4 is 52.1 Å². The zero-order valence-electron chi connectivity index (χ0n) is 35.2. The van der Waals surface area contributed by atoms with Gasteiger partial charge in [0.05, 0.1) is 11.2 Å². The van der Waals surface area contributed by atoms with Crippen LogP contribution in [0.1, 0.15) is 90.1 Å². The number of pyridine rings is 1. The number of likely N-dealkylation sites (tertiary alicyclic amines) is 1. The molecule has 1 aromatic heterocycles. The maximum Gasteiger partial charge on any atom is 0.410 e. The number of carboxylic acid groups (broad SMARTS) is 1. The number of nitrogens with one attached hydrogen (secondary N) is 1. The van der Waals surface area contributed by atoms with Crippen LogP contribution in [-0.2, 0) is 32.2 Å². The van der Waals surface area contributed by atoms with Crippen molar-refractivity contribution in [1.29, 1.82) is 0 Å². The third-order valence-electron chi connectivity index (χ3n) is 11.4. The van der Waals surface area contributed by atoms with Crippen molar-refractivity contribution in [3.63, 3.8) is 0 Å². The smallest absolute Gasteiger partial charge is 0.410 e. The number of anilines is 2. The van der Waals surface area contributed by atoms with Crippen LogP contribution in [0.15, 0.2) is 47.4 Å². The van der Waals surface area contributed by atoms with Crippen LogP contribution in [0.2, 0.25) is 0 Å². The summed E-state index contributed by atoms with van der Waals surface area (Å²) in [5.74, 6) is -2.62. The first-order chi connectivity index (χ1) is 27.8. The molecule has 3 heterocycles. The Bertz CT molecular complexity index is 2080. The molecule has 2 aliphatic rings. The van der Waals surface area contributed by atoms with Crippen LogP contribution in [0.25, 0.3) is 10.9 Å². The quantitative estimate of drug-likeness (QED) is 0.181. The van der Waals surface area contributed by atoms with E-state index in [0.717, 1.165) is 6.07 Å². The van der Waals surface area contributed by atoms with E-state index < -0.39 is 40.4 Å². The second-order valence-electron chi connectivity index (χ2n) is 17.0. The van der Waals surface area contributed by atoms with E-state index in [-0.39, 0.29) is 72.7 Å². The van der Waals surface area contributed by atoms with Gasteiger partial charge in [-0.25, -0.2) is 18.8 Å². The predicted octanol–water partition coefficient (Wildman–Crippen LogP) is 7.16. The Hall–Kier alpha value is -5.47. The van der Waals surface area contributed by atoms with E-state index in [0.29, 0.717) is 68.8 Å². The van der Waals surface area contributed by atoms with E-state index in [1.54, 1.807) is 51.6 Å². The fraction of sp³-hybridized carbons (Fsp3) is 0.545. The molecule has 59 heavy (non-hydrogen) atoms. The minimum absolute atomic E-state index is 0.00827. The zero-order chi connectivity index (χ0) is 43.2. The Balaban J connectivity index is 1.14. The van der Waals surface area contributed by atoms with Gasteiger partial charge in [0, 0.05) is 81.3 Å². The summed E-state index contributed by atoms with van der Waals surface area (Å²) in [5.41, 5.74) is 0.182. The number of halogens is 1. The predicted molar refractivity (Wildman–Crippen MR) is 222 cm³/mol. The van der Waals surface area contributed by atoms with Crippen LogP contribution in [0.4, 0.5) is 25.4 Å². The topological polar surface area (TPSA) is 168 Å². The number of ether oxygens (including phenoxy) is 2. The SMILES string of the molecule is CCn1cc(C(=O)O)c(=O)c2cc(F)c(N3CCN(C(=O)OCc4ccc(NC(=O)[C@@H](CC(=O)[C@@H](C)C(C)C)CC5CCN(C(=O)OC(C)(C)C)CC5)cc4)CC3)cc21. The van der Waals surface area contributed by atoms with Crippen molar-refractivity contribution in [2.75, 3.05) is 49.5 Å². The Morgan fingerprint density at radius 1 is 0.915 bits per heavy atom. The van der Waals surface area contributed by atoms with E-state index in [1.807, 2.05) is 41.5 Å². The summed E-state index contributed by atoms with van der Waals surface area (Å²) in [4.78, 5) is 81.9. The maximum absolute atomic E-state index is 15.3. The van der Waals surface area contributed by atoms with Gasteiger partial charge in [0.2, 0.25) is 11.3 Å². The van der Waals surface area contributed by atoms with Crippen LogP contribution in [0.5, 0.6) is 0 Å². The highest BCUT2D eigenvalue weighted by Crippen LogP contribution is 2.30. The average Bonchev–Trinajstić information content (AvgIpc) is 3.19. The second kappa shape index (κ2) is 19.1. The molecule has 2 aliphatic heterocycles. The van der Waals surface area contributed by atoms with Gasteiger partial charge in [0.1, 0.15) is 29.4 Å². The fourth-order valence-corrected chi connectivity index (χ4v) is 7.51. The number of carbonyl (C=O) groups excluding carboxylic acids is 4. The lowest BCUT2D eigenvalue weighted by Crippen LogP contribution is -2.49. The molecule has 0 aliphatic carbocycles. The molecule has 0 spiro atoms. The number of Topliss-reactive ketones (excluding diaryl/α,β-unsaturated/α-hetero) is 1. The first-order valence-corrected chi connectivity index (χ1v) is 20.5. The number of ketones is 1. The van der Waals surface area contributed by atoms with Crippen molar-refractivity contribution in [1.82, 2.24) is 14.4 Å². The molecule has 0 radical (unpaired) electrons. The number of rotatable bonds is 13. The Labute approximate surface area is 344 Å². The van der Waals surface area contributed by atoms with Crippen LogP contribution < -0.4 is 15.6 Å². The number of benzene rings is 2. The lowest BCUT2D eigenvalue weighted by Gasteiger charge is -2.35. The van der Waals surface area contributed by atoms with Crippen molar-refractivity contribution in [2.24, 2.45) is 23.7 Å². The lowest BCUT2D eigenvalue weighted by molar-refractivity contribution is -0.129. The number of fused-ring (bicyclic) bond motifs is 1. The third kappa shape index (κ3) is 11.4. The molecule has 3 aromatic rings. The highest BCUT2D eigenvalue weighted by Gasteiger charge is 2.32. The number of amides is 3. The van der Waals surface area contributed by atoms with Gasteiger partial charge in [0.25, 0.3) is 0 Å². The van der Waals surface area contributed by atoms with Crippen LogP contribution in [0, 0.1) is 29.5 Å². The van der Waals surface area contributed by atoms with Gasteiger partial charge in [-0.1, -0.05) is 32.9 Å². The summed E-state index contributed by atoms with van der Waals surface area (Å²) in [6.45, 7) is 15.8. The fourth-order valence-electron chi connectivity index (χ4n) is 7.51. The van der Waals surface area contributed by atoms with Gasteiger partial charge < -0.3 is 39.2 Å². The van der Waals surface area contributed by atoms with Crippen LogP contribution >= 0.6 is 0 Å². The Morgan fingerprint density at radius 3 is 2.12 bits per heavy atom. The lowest BCUT2D eigenvalue weighted by atomic mass is 9.81. The van der Waals surface area contributed by atoms with Crippen LogP contribution in [0.3, 0.4) is 0 Å². The third-order valence-corrected chi connectivity index (χ3v) is 11.4. The number of hydrogen-bond acceptors (Lipinski definition) is 9. The van der Waals surface area contributed by atoms with Crippen molar-refractivity contribution < 1.29 is 42.9 Å². The van der Waals surface area contributed by atoms with Crippen molar-refractivity contribution in [3.8, 4) is 0 Å². The molecule has 0 unspecified atom stereocenters. The molecule has 320 valence electrons. The van der Waals surface area contributed by atoms with E-state index in [2.05, 4.69) is 5.32 Å². The first-order valence-electron chi connectivity index (χ1n) is 20.5. The van der Waals surface area contributed by atoms with Gasteiger partial charge in [-0.3, -0.25) is 14.4 Å². The van der Waals surface area contributed by atoms with Gasteiger partial charge in [-0.15, -0.1) is 0 Å². The number of nitrogens with zero attached hydrogens (tertiary/aromatic N) is 4. The Morgan fingerprint density at radius 2 is 1.54 bits per heavy atom. The second-order valence-corrected chi connectivity index (χ2v) is 17.0. The van der Waals surface area contributed by atoms with Crippen LogP contribution in [-0.4, -0.2) is 94.2 Å². The number of piperidine rings is 1. The molecule has 2 N–H and O–H groups in total. The summed E-state index contributed by atoms with van der Waals surface area (Å²) in [6.07, 6.45) is 2.49. The van der Waals surface area contributed by atoms with Crippen molar-refractivity contribution in [2.45, 2.75) is 92.9 Å². The maximum atomic E-state index is 15.3. The average molecular weight is 820 g/mol. The molecule has 0 bridgehead atoms. The summed E-state index contributed by atoms with van der Waals surface area (Å²) in [6, 6.07) is 9.60. The van der Waals surface area contributed by atoms with Gasteiger partial charge >= 0.3 is 18.2 Å². The molecule has 0 saturated carbocycles. The highest BCUT2D eigenvalue weighted by atomic mass is 19.1. The zero-order valence-corrected chi connectivity index (χ0v) is 35.2. The minimum Gasteiger partial charge on any atom is -0.477 e. The van der Waals surface area contributed by atoms with Crippen molar-refractivity contribution in [3.05, 3.63) is 69.8 Å². The molecule has 15 heteroatoms. The molecular weight excluding hydrogens is 762 g/mol. The van der Waals surface area contributed by atoms with Gasteiger partial charge in [-0.05, 0) is 88.6 Å². The minimum atomic E-state index is -1.37. The van der Waals surface area contributed by atoms with E-state index in [1.165, 1.54) is 11.1 Å². The number of hydrogen-bond donors (Lipinski definition) is 2. The number of carbonyl (C=O) groups is 5. The van der Waals surface area contributed by atoms with E-state index in [9.17, 15) is 33.9 Å². The van der Waals surface area contributed by atoms with E-state index >= 15 is 4.39 Å². The molecule has 2 aromatic carbocycles. The summed E-state index contributed by atoms with van der Waals surface area (Å²) in [5, 5.41) is 12.4. The molecule has 2 fully saturated rings. The van der Waals surface area contributed by atoms with Gasteiger partial charge in [-0.2, -0.15) is 0 Å². The number of aryl methyl sites for hydroxylation is 1. The summed E-state index contributed by atoms with van der Waals surface area (Å²) in [7, 11) is 0. The molecule has 3 amide bonds. The molecule has 2 saturated heterocycles. The summed E-state index contributed by atoms with van der Waals surface area (Å²) < 4.78 is 28.1.